The van der Waals surface area contributed by atoms with Crippen molar-refractivity contribution in [2.45, 2.75) is 50.9 Å². The maximum atomic E-state index is 13.9. The lowest BCUT2D eigenvalue weighted by Crippen LogP contribution is -2.39. The molecule has 6 nitrogen and oxygen atoms in total. The van der Waals surface area contributed by atoms with E-state index in [1.807, 2.05) is 49.4 Å². The second-order valence-electron chi connectivity index (χ2n) is 9.51. The number of amides is 1. The second-order valence-corrected chi connectivity index (χ2v) is 10.4. The Morgan fingerprint density at radius 2 is 1.74 bits per heavy atom. The van der Waals surface area contributed by atoms with E-state index >= 15 is 0 Å². The first kappa shape index (κ1) is 28.7. The van der Waals surface area contributed by atoms with Gasteiger partial charge in [0.2, 0.25) is 5.91 Å². The number of carbonyl (C=O) groups is 1. The Balaban J connectivity index is 1.85. The second kappa shape index (κ2) is 13.1. The van der Waals surface area contributed by atoms with Gasteiger partial charge in [-0.3, -0.25) is 14.2 Å². The number of halogens is 2. The van der Waals surface area contributed by atoms with Crippen LogP contribution in [-0.4, -0.2) is 34.0 Å². The minimum absolute atomic E-state index is 0.228. The molecule has 0 saturated heterocycles. The van der Waals surface area contributed by atoms with E-state index < -0.39 is 11.4 Å². The topological polar surface area (TPSA) is 64.4 Å². The van der Waals surface area contributed by atoms with E-state index in [9.17, 15) is 9.59 Å². The van der Waals surface area contributed by atoms with Crippen LogP contribution in [0.3, 0.4) is 0 Å². The fourth-order valence-corrected chi connectivity index (χ4v) is 5.13. The van der Waals surface area contributed by atoms with Gasteiger partial charge in [-0.25, -0.2) is 4.98 Å². The third-order valence-electron chi connectivity index (χ3n) is 6.87. The Labute approximate surface area is 239 Å². The summed E-state index contributed by atoms with van der Waals surface area (Å²) in [5.41, 5.74) is 1.58. The van der Waals surface area contributed by atoms with Crippen LogP contribution in [0.15, 0.2) is 77.6 Å². The third-order valence-corrected chi connectivity index (χ3v) is 7.55. The molecular weight excluding hydrogens is 533 g/mol. The number of fused-ring (bicyclic) bond motifs is 1. The molecule has 1 heterocycles. The molecule has 0 bridgehead atoms. The van der Waals surface area contributed by atoms with E-state index in [2.05, 4.69) is 6.92 Å². The smallest absolute Gasteiger partial charge is 0.266 e. The minimum Gasteiger partial charge on any atom is -0.497 e. The standard InChI is InChI=1S/C31H33Cl2N3O3/c1-4-5-6-10-19-35(31(38)28(33)22-11-8-7-9-12-22)21(2)29-34-27-20-23(32)13-18-26(27)30(37)36(29)24-14-16-25(39-3)17-15-24/h7-9,11-18,20-21,28H,4-6,10,19H2,1-3H3. The van der Waals surface area contributed by atoms with Crippen molar-refractivity contribution in [2.75, 3.05) is 13.7 Å². The van der Waals surface area contributed by atoms with Crippen LogP contribution in [0.25, 0.3) is 16.6 Å². The highest BCUT2D eigenvalue weighted by Gasteiger charge is 2.31. The van der Waals surface area contributed by atoms with Gasteiger partial charge in [0.25, 0.3) is 5.56 Å². The quantitative estimate of drug-likeness (QED) is 0.139. The summed E-state index contributed by atoms with van der Waals surface area (Å²) in [6.07, 6.45) is 3.95. The van der Waals surface area contributed by atoms with Gasteiger partial charge in [0.1, 0.15) is 17.0 Å². The fraction of sp³-hybridized carbons (Fsp3) is 0.323. The number of alkyl halides is 1. The summed E-state index contributed by atoms with van der Waals surface area (Å²) < 4.78 is 6.88. The van der Waals surface area contributed by atoms with Crippen LogP contribution in [0.1, 0.15) is 62.3 Å². The molecule has 0 saturated carbocycles. The predicted octanol–water partition coefficient (Wildman–Crippen LogP) is 7.50. The van der Waals surface area contributed by atoms with Crippen LogP contribution in [0.2, 0.25) is 5.02 Å². The normalized spacial score (nSPS) is 12.7. The molecule has 3 aromatic carbocycles. The molecule has 0 aliphatic rings. The van der Waals surface area contributed by atoms with Crippen molar-refractivity contribution in [1.29, 1.82) is 0 Å². The lowest BCUT2D eigenvalue weighted by molar-refractivity contribution is -0.133. The summed E-state index contributed by atoms with van der Waals surface area (Å²) in [7, 11) is 1.59. The summed E-state index contributed by atoms with van der Waals surface area (Å²) in [4.78, 5) is 34.4. The average Bonchev–Trinajstić information content (AvgIpc) is 2.96. The summed E-state index contributed by atoms with van der Waals surface area (Å²) in [5, 5.41) is 0.0509. The minimum atomic E-state index is -0.865. The van der Waals surface area contributed by atoms with Gasteiger partial charge in [-0.05, 0) is 61.4 Å². The first-order chi connectivity index (χ1) is 18.8. The number of ether oxygens (including phenoxy) is 1. The monoisotopic (exact) mass is 565 g/mol. The van der Waals surface area contributed by atoms with Crippen LogP contribution in [0.5, 0.6) is 5.75 Å². The van der Waals surface area contributed by atoms with Crippen molar-refractivity contribution in [3.63, 3.8) is 0 Å². The maximum Gasteiger partial charge on any atom is 0.266 e. The van der Waals surface area contributed by atoms with Crippen molar-refractivity contribution in [3.05, 3.63) is 99.6 Å². The summed E-state index contributed by atoms with van der Waals surface area (Å²) in [6, 6.07) is 21.0. The first-order valence-electron chi connectivity index (χ1n) is 13.2. The molecule has 0 aliphatic heterocycles. The summed E-state index contributed by atoms with van der Waals surface area (Å²) in [6.45, 7) is 4.53. The third kappa shape index (κ3) is 6.45. The number of nitrogens with zero attached hydrogens (tertiary/aromatic N) is 3. The molecule has 4 aromatic rings. The predicted molar refractivity (Wildman–Crippen MR) is 158 cm³/mol. The van der Waals surface area contributed by atoms with Gasteiger partial charge in [-0.2, -0.15) is 0 Å². The van der Waals surface area contributed by atoms with Gasteiger partial charge in [0.05, 0.1) is 29.7 Å². The average molecular weight is 567 g/mol. The number of unbranched alkanes of at least 4 members (excludes halogenated alkanes) is 3. The Morgan fingerprint density at radius 3 is 2.41 bits per heavy atom. The first-order valence-corrected chi connectivity index (χ1v) is 14.0. The van der Waals surface area contributed by atoms with E-state index in [-0.39, 0.29) is 11.5 Å². The van der Waals surface area contributed by atoms with Crippen LogP contribution < -0.4 is 10.3 Å². The number of hydrogen-bond acceptors (Lipinski definition) is 4. The number of benzene rings is 3. The number of rotatable bonds is 11. The van der Waals surface area contributed by atoms with Crippen molar-refractivity contribution < 1.29 is 9.53 Å². The SMILES string of the molecule is CCCCCCN(C(=O)C(Cl)c1ccccc1)C(C)c1nc2cc(Cl)ccc2c(=O)n1-c1ccc(OC)cc1. The van der Waals surface area contributed by atoms with Gasteiger partial charge in [-0.15, -0.1) is 11.6 Å². The van der Waals surface area contributed by atoms with E-state index in [1.165, 1.54) is 0 Å². The Hall–Kier alpha value is -3.35. The molecular formula is C31H33Cl2N3O3. The molecule has 4 rings (SSSR count). The zero-order chi connectivity index (χ0) is 27.9. The van der Waals surface area contributed by atoms with E-state index in [0.29, 0.717) is 39.7 Å². The van der Waals surface area contributed by atoms with Gasteiger partial charge in [-0.1, -0.05) is 68.1 Å². The number of aromatic nitrogens is 2. The number of methoxy groups -OCH3 is 1. The molecule has 2 atom stereocenters. The zero-order valence-corrected chi connectivity index (χ0v) is 24.0. The highest BCUT2D eigenvalue weighted by molar-refractivity contribution is 6.31. The molecule has 0 N–H and O–H groups in total. The van der Waals surface area contributed by atoms with Gasteiger partial charge in [0, 0.05) is 11.6 Å². The summed E-state index contributed by atoms with van der Waals surface area (Å²) >= 11 is 13.0. The molecule has 204 valence electrons. The van der Waals surface area contributed by atoms with Crippen molar-refractivity contribution in [1.82, 2.24) is 14.5 Å². The van der Waals surface area contributed by atoms with Crippen LogP contribution in [0.4, 0.5) is 0 Å². The molecule has 39 heavy (non-hydrogen) atoms. The Bertz CT molecular complexity index is 1470. The molecule has 2 unspecified atom stereocenters. The van der Waals surface area contributed by atoms with E-state index in [1.54, 1.807) is 46.9 Å². The highest BCUT2D eigenvalue weighted by Crippen LogP contribution is 2.30. The number of carbonyl (C=O) groups excluding carboxylic acids is 1. The molecule has 0 fully saturated rings. The molecule has 8 heteroatoms. The zero-order valence-electron chi connectivity index (χ0n) is 22.4. The van der Waals surface area contributed by atoms with E-state index in [4.69, 9.17) is 32.9 Å². The number of hydrogen-bond donors (Lipinski definition) is 0. The Morgan fingerprint density at radius 1 is 1.03 bits per heavy atom. The molecule has 1 amide bonds. The van der Waals surface area contributed by atoms with Gasteiger partial charge < -0.3 is 9.64 Å². The summed E-state index contributed by atoms with van der Waals surface area (Å²) in [5.74, 6) is 0.872. The van der Waals surface area contributed by atoms with Crippen LogP contribution in [0, 0.1) is 0 Å². The van der Waals surface area contributed by atoms with E-state index in [0.717, 1.165) is 31.2 Å². The highest BCUT2D eigenvalue weighted by atomic mass is 35.5. The van der Waals surface area contributed by atoms with Crippen molar-refractivity contribution in [3.8, 4) is 11.4 Å². The lowest BCUT2D eigenvalue weighted by Gasteiger charge is -2.32. The largest absolute Gasteiger partial charge is 0.497 e. The molecule has 0 spiro atoms. The fourth-order valence-electron chi connectivity index (χ4n) is 4.69. The maximum absolute atomic E-state index is 13.9. The molecule has 1 aromatic heterocycles. The van der Waals surface area contributed by atoms with Crippen molar-refractivity contribution >= 4 is 40.0 Å². The van der Waals surface area contributed by atoms with Crippen LogP contribution in [-0.2, 0) is 4.79 Å². The lowest BCUT2D eigenvalue weighted by atomic mass is 10.1. The van der Waals surface area contributed by atoms with Gasteiger partial charge >= 0.3 is 0 Å². The molecule has 0 radical (unpaired) electrons. The van der Waals surface area contributed by atoms with Crippen LogP contribution >= 0.6 is 23.2 Å². The van der Waals surface area contributed by atoms with Gasteiger partial charge in [0.15, 0.2) is 0 Å². The van der Waals surface area contributed by atoms with Crippen molar-refractivity contribution in [2.24, 2.45) is 0 Å². The molecule has 0 aliphatic carbocycles. The Kier molecular flexibility index (Phi) is 9.65.